The van der Waals surface area contributed by atoms with E-state index >= 15 is 8.78 Å². The van der Waals surface area contributed by atoms with Crippen molar-refractivity contribution in [1.82, 2.24) is 29.7 Å². The second-order valence-electron chi connectivity index (χ2n) is 13.1. The van der Waals surface area contributed by atoms with Crippen LogP contribution >= 0.6 is 0 Å². The maximum absolute atomic E-state index is 16.5. The number of halogens is 6. The van der Waals surface area contributed by atoms with E-state index < -0.39 is 58.3 Å². The van der Waals surface area contributed by atoms with Crippen LogP contribution in [0.4, 0.5) is 32.2 Å². The topological polar surface area (TPSA) is 91.9 Å². The molecule has 52 heavy (non-hydrogen) atoms. The Bertz CT molecular complexity index is 2060. The first kappa shape index (κ1) is 35.1. The number of carbonyl (C=O) groups excluding carboxylic acids is 1. The predicted octanol–water partition coefficient (Wildman–Crippen LogP) is 6.15. The highest BCUT2D eigenvalue weighted by molar-refractivity contribution is 5.96. The van der Waals surface area contributed by atoms with E-state index in [2.05, 4.69) is 24.8 Å². The summed E-state index contributed by atoms with van der Waals surface area (Å²) in [6.45, 7) is 8.27. The zero-order valence-corrected chi connectivity index (χ0v) is 27.7. The van der Waals surface area contributed by atoms with Crippen LogP contribution in [0.15, 0.2) is 60.7 Å². The van der Waals surface area contributed by atoms with Crippen molar-refractivity contribution < 1.29 is 35.9 Å². The zero-order chi connectivity index (χ0) is 36.6. The van der Waals surface area contributed by atoms with Crippen LogP contribution in [0.25, 0.3) is 33.1 Å². The van der Waals surface area contributed by atoms with Crippen molar-refractivity contribution in [2.24, 2.45) is 0 Å². The van der Waals surface area contributed by atoms with Crippen LogP contribution in [0, 0.1) is 12.4 Å². The molecule has 3 fully saturated rings. The SMILES string of the molecule is [C-]#[N+]C[C@H]1CN(c2nc(OC[C@@]34CCCN3C[C@H](F)C4)nc3c(F)c(-c4ccccc4C(F)(F)F)ncc23)CCN1C(=O)/C(F)=C/c1ccccn1. The standard InChI is InChI=1S/C36H32F6N8O2/c1-43-17-24-20-48(13-14-50(24)33(51)28(38)15-23-7-4-5-11-44-23)32-26-18-45-30(25-8-2-3-9-27(25)36(40,41)42)29(39)31(26)46-34(47-32)52-21-35-10-6-12-49(35)19-22(37)16-35/h2-5,7-9,11,15,18,22,24H,6,10,12-14,16-17,19-21H2/b28-15-/t22-,24+,35+/m1/s1. The van der Waals surface area contributed by atoms with E-state index in [9.17, 15) is 22.4 Å². The number of hydrogen-bond donors (Lipinski definition) is 0. The number of benzene rings is 1. The van der Waals surface area contributed by atoms with Gasteiger partial charge in [-0.3, -0.25) is 19.7 Å². The van der Waals surface area contributed by atoms with Crippen LogP contribution in [0.3, 0.4) is 0 Å². The van der Waals surface area contributed by atoms with Crippen molar-refractivity contribution in [3.05, 3.63) is 89.2 Å². The van der Waals surface area contributed by atoms with Gasteiger partial charge in [0.15, 0.2) is 11.6 Å². The van der Waals surface area contributed by atoms with Crippen LogP contribution in [0.2, 0.25) is 0 Å². The predicted molar refractivity (Wildman–Crippen MR) is 179 cm³/mol. The molecule has 270 valence electrons. The monoisotopic (exact) mass is 722 g/mol. The molecule has 4 aromatic rings. The quantitative estimate of drug-likeness (QED) is 0.122. The smallest absolute Gasteiger partial charge is 0.417 e. The van der Waals surface area contributed by atoms with Gasteiger partial charge in [-0.2, -0.15) is 23.1 Å². The van der Waals surface area contributed by atoms with Crippen LogP contribution in [0.5, 0.6) is 6.01 Å². The van der Waals surface area contributed by atoms with Gasteiger partial charge >= 0.3 is 12.2 Å². The Morgan fingerprint density at radius 3 is 2.65 bits per heavy atom. The lowest BCUT2D eigenvalue weighted by atomic mass is 9.95. The summed E-state index contributed by atoms with van der Waals surface area (Å²) >= 11 is 0. The Labute approximate surface area is 294 Å². The average molecular weight is 723 g/mol. The number of piperazine rings is 1. The van der Waals surface area contributed by atoms with E-state index in [-0.39, 0.29) is 74.2 Å². The van der Waals surface area contributed by atoms with Crippen molar-refractivity contribution in [2.45, 2.75) is 43.2 Å². The Morgan fingerprint density at radius 1 is 1.08 bits per heavy atom. The van der Waals surface area contributed by atoms with E-state index in [1.165, 1.54) is 35.5 Å². The molecular formula is C36H32F6N8O2. The maximum Gasteiger partial charge on any atom is 0.417 e. The lowest BCUT2D eigenvalue weighted by Crippen LogP contribution is -2.56. The summed E-state index contributed by atoms with van der Waals surface area (Å²) in [6, 6.07) is 8.21. The third-order valence-corrected chi connectivity index (χ3v) is 9.87. The number of aromatic nitrogens is 4. The molecule has 1 amide bonds. The molecule has 3 aromatic heterocycles. The molecule has 7 rings (SSSR count). The van der Waals surface area contributed by atoms with Crippen LogP contribution in [0.1, 0.15) is 30.5 Å². The second-order valence-corrected chi connectivity index (χ2v) is 13.1. The molecule has 0 unspecified atom stereocenters. The molecule has 0 radical (unpaired) electrons. The van der Waals surface area contributed by atoms with Gasteiger partial charge in [-0.05, 0) is 37.6 Å². The highest BCUT2D eigenvalue weighted by atomic mass is 19.4. The summed E-state index contributed by atoms with van der Waals surface area (Å²) < 4.78 is 94.1. The number of carbonyl (C=O) groups is 1. The molecule has 0 spiro atoms. The normalized spacial score (nSPS) is 22.4. The molecular weight excluding hydrogens is 690 g/mol. The summed E-state index contributed by atoms with van der Waals surface area (Å²) in [6.07, 6.45) is -0.446. The van der Waals surface area contributed by atoms with Gasteiger partial charge in [-0.25, -0.2) is 19.7 Å². The molecule has 0 bridgehead atoms. The number of amides is 1. The fourth-order valence-electron chi connectivity index (χ4n) is 7.47. The van der Waals surface area contributed by atoms with Gasteiger partial charge in [0, 0.05) is 56.6 Å². The summed E-state index contributed by atoms with van der Waals surface area (Å²) in [5.74, 6) is -3.03. The van der Waals surface area contributed by atoms with E-state index in [0.717, 1.165) is 24.6 Å². The van der Waals surface area contributed by atoms with Gasteiger partial charge < -0.3 is 19.4 Å². The summed E-state index contributed by atoms with van der Waals surface area (Å²) in [5.41, 5.74) is -2.87. The number of hydrogen-bond acceptors (Lipinski definition) is 8. The van der Waals surface area contributed by atoms with Gasteiger partial charge in [-0.1, -0.05) is 24.3 Å². The minimum Gasteiger partial charge on any atom is -0.461 e. The number of fused-ring (bicyclic) bond motifs is 2. The third-order valence-electron chi connectivity index (χ3n) is 9.87. The zero-order valence-electron chi connectivity index (χ0n) is 27.7. The fraction of sp³-hybridized carbons (Fsp3) is 0.389. The van der Waals surface area contributed by atoms with Crippen molar-refractivity contribution in [3.63, 3.8) is 0 Å². The number of rotatable bonds is 8. The summed E-state index contributed by atoms with van der Waals surface area (Å²) in [4.78, 5) is 38.7. The molecule has 3 aliphatic rings. The lowest BCUT2D eigenvalue weighted by molar-refractivity contribution is -0.137. The molecule has 3 aliphatic heterocycles. The van der Waals surface area contributed by atoms with Crippen LogP contribution in [-0.4, -0.2) is 99.3 Å². The Kier molecular flexibility index (Phi) is 9.47. The van der Waals surface area contributed by atoms with Crippen molar-refractivity contribution in [1.29, 1.82) is 0 Å². The Balaban J connectivity index is 1.26. The first-order chi connectivity index (χ1) is 25.0. The average Bonchev–Trinajstić information content (AvgIpc) is 3.66. The van der Waals surface area contributed by atoms with E-state index in [1.807, 2.05) is 4.90 Å². The molecule has 0 aliphatic carbocycles. The molecule has 16 heteroatoms. The molecule has 0 saturated carbocycles. The van der Waals surface area contributed by atoms with Crippen LogP contribution in [-0.2, 0) is 11.0 Å². The van der Waals surface area contributed by atoms with E-state index in [4.69, 9.17) is 11.3 Å². The fourth-order valence-corrected chi connectivity index (χ4v) is 7.47. The summed E-state index contributed by atoms with van der Waals surface area (Å²) in [5, 5.41) is 0.0472. The van der Waals surface area contributed by atoms with Crippen molar-refractivity contribution >= 4 is 28.7 Å². The van der Waals surface area contributed by atoms with Crippen molar-refractivity contribution in [3.8, 4) is 17.3 Å². The minimum absolute atomic E-state index is 0.000651. The largest absolute Gasteiger partial charge is 0.461 e. The minimum atomic E-state index is -4.80. The highest BCUT2D eigenvalue weighted by Gasteiger charge is 2.49. The molecule has 3 atom stereocenters. The molecule has 0 N–H and O–H groups in total. The van der Waals surface area contributed by atoms with Gasteiger partial charge in [0.05, 0.1) is 22.2 Å². The van der Waals surface area contributed by atoms with Gasteiger partial charge in [-0.15, -0.1) is 0 Å². The van der Waals surface area contributed by atoms with Gasteiger partial charge in [0.25, 0.3) is 5.91 Å². The molecule has 6 heterocycles. The number of nitrogens with zero attached hydrogens (tertiary/aromatic N) is 8. The number of ether oxygens (including phenoxy) is 1. The maximum atomic E-state index is 16.5. The van der Waals surface area contributed by atoms with E-state index in [1.54, 1.807) is 17.0 Å². The third kappa shape index (κ3) is 6.72. The van der Waals surface area contributed by atoms with Gasteiger partial charge in [0.2, 0.25) is 6.54 Å². The Hall–Kier alpha value is -5.30. The summed E-state index contributed by atoms with van der Waals surface area (Å²) in [7, 11) is 0. The first-order valence-electron chi connectivity index (χ1n) is 16.7. The number of alkyl halides is 4. The molecule has 10 nitrogen and oxygen atoms in total. The number of pyridine rings is 2. The first-order valence-corrected chi connectivity index (χ1v) is 16.7. The Morgan fingerprint density at radius 2 is 1.88 bits per heavy atom. The lowest BCUT2D eigenvalue weighted by Gasteiger charge is -2.39. The van der Waals surface area contributed by atoms with E-state index in [0.29, 0.717) is 13.0 Å². The second kappa shape index (κ2) is 14.0. The van der Waals surface area contributed by atoms with Crippen molar-refractivity contribution in [2.75, 3.05) is 50.8 Å². The molecule has 1 aromatic carbocycles. The molecule has 3 saturated heterocycles. The van der Waals surface area contributed by atoms with Gasteiger partial charge in [0.1, 0.15) is 35.8 Å². The van der Waals surface area contributed by atoms with Crippen LogP contribution < -0.4 is 9.64 Å². The highest BCUT2D eigenvalue weighted by Crippen LogP contribution is 2.42. The number of anilines is 1.